The lowest BCUT2D eigenvalue weighted by molar-refractivity contribution is -0.184. The third-order valence-electron chi connectivity index (χ3n) is 3.80. The molecular formula is C15H14F3N3. The van der Waals surface area contributed by atoms with E-state index in [1.165, 1.54) is 12.1 Å². The minimum absolute atomic E-state index is 0.128. The van der Waals surface area contributed by atoms with Gasteiger partial charge in [-0.2, -0.15) is 23.7 Å². The molecule has 3 nitrogen and oxygen atoms in total. The molecule has 21 heavy (non-hydrogen) atoms. The second kappa shape index (κ2) is 6.05. The van der Waals surface area contributed by atoms with Gasteiger partial charge in [-0.25, -0.2) is 0 Å². The van der Waals surface area contributed by atoms with Gasteiger partial charge in [0.2, 0.25) is 0 Å². The highest BCUT2D eigenvalue weighted by Crippen LogP contribution is 2.39. The molecule has 0 aliphatic heterocycles. The number of rotatable bonds is 2. The smallest absolute Gasteiger partial charge is 0.382 e. The standard InChI is InChI=1S/C15H14F3N3/c16-15(17,18)13-3-1-2-4-14(13)21-12-6-5-10(8-19)11(7-12)9-20/h5-7,13-14,21H,1-4H2. The zero-order valence-electron chi connectivity index (χ0n) is 11.2. The second-order valence-corrected chi connectivity index (χ2v) is 5.17. The van der Waals surface area contributed by atoms with Crippen LogP contribution in [0, 0.1) is 28.6 Å². The second-order valence-electron chi connectivity index (χ2n) is 5.17. The van der Waals surface area contributed by atoms with Crippen LogP contribution in [0.4, 0.5) is 18.9 Å². The molecule has 1 aromatic carbocycles. The third-order valence-corrected chi connectivity index (χ3v) is 3.80. The van der Waals surface area contributed by atoms with Crippen molar-refractivity contribution in [3.63, 3.8) is 0 Å². The minimum Gasteiger partial charge on any atom is -0.382 e. The lowest BCUT2D eigenvalue weighted by Crippen LogP contribution is -2.41. The molecule has 6 heteroatoms. The summed E-state index contributed by atoms with van der Waals surface area (Å²) in [5, 5.41) is 20.7. The first-order chi connectivity index (χ1) is 9.95. The van der Waals surface area contributed by atoms with Gasteiger partial charge in [-0.1, -0.05) is 12.8 Å². The number of nitrogens with one attached hydrogen (secondary N) is 1. The van der Waals surface area contributed by atoms with E-state index < -0.39 is 18.1 Å². The Bertz CT molecular complexity index is 596. The van der Waals surface area contributed by atoms with Gasteiger partial charge in [0.1, 0.15) is 12.1 Å². The maximum Gasteiger partial charge on any atom is 0.393 e. The number of alkyl halides is 3. The fourth-order valence-corrected chi connectivity index (χ4v) is 2.73. The van der Waals surface area contributed by atoms with Crippen molar-refractivity contribution < 1.29 is 13.2 Å². The lowest BCUT2D eigenvalue weighted by atomic mass is 9.84. The Labute approximate surface area is 121 Å². The average molecular weight is 293 g/mol. The molecule has 1 N–H and O–H groups in total. The molecule has 2 unspecified atom stereocenters. The van der Waals surface area contributed by atoms with E-state index in [2.05, 4.69) is 5.32 Å². The van der Waals surface area contributed by atoms with Crippen molar-refractivity contribution in [2.24, 2.45) is 5.92 Å². The largest absolute Gasteiger partial charge is 0.393 e. The molecule has 1 saturated carbocycles. The number of benzene rings is 1. The molecule has 0 saturated heterocycles. The number of nitrogens with zero attached hydrogens (tertiary/aromatic N) is 2. The molecule has 0 spiro atoms. The molecule has 0 aromatic heterocycles. The van der Waals surface area contributed by atoms with Gasteiger partial charge in [0.15, 0.2) is 0 Å². The van der Waals surface area contributed by atoms with Gasteiger partial charge in [0.05, 0.1) is 17.0 Å². The summed E-state index contributed by atoms with van der Waals surface area (Å²) in [7, 11) is 0. The Morgan fingerprint density at radius 1 is 1.05 bits per heavy atom. The van der Waals surface area contributed by atoms with Crippen molar-refractivity contribution in [2.75, 3.05) is 5.32 Å². The molecule has 0 amide bonds. The Balaban J connectivity index is 2.20. The molecular weight excluding hydrogens is 279 g/mol. The Kier molecular flexibility index (Phi) is 4.37. The first-order valence-electron chi connectivity index (χ1n) is 6.73. The summed E-state index contributed by atoms with van der Waals surface area (Å²) in [5.74, 6) is -1.37. The van der Waals surface area contributed by atoms with Crippen LogP contribution in [-0.2, 0) is 0 Å². The highest BCUT2D eigenvalue weighted by atomic mass is 19.4. The van der Waals surface area contributed by atoms with E-state index in [4.69, 9.17) is 10.5 Å². The predicted molar refractivity (Wildman–Crippen MR) is 71.3 cm³/mol. The molecule has 2 atom stereocenters. The lowest BCUT2D eigenvalue weighted by Gasteiger charge is -2.34. The first-order valence-corrected chi connectivity index (χ1v) is 6.73. The molecule has 0 bridgehead atoms. The number of hydrogen-bond donors (Lipinski definition) is 1. The number of hydrogen-bond acceptors (Lipinski definition) is 3. The Morgan fingerprint density at radius 2 is 1.71 bits per heavy atom. The van der Waals surface area contributed by atoms with Gasteiger partial charge in [-0.15, -0.1) is 0 Å². The van der Waals surface area contributed by atoms with E-state index in [0.717, 1.165) is 6.42 Å². The minimum atomic E-state index is -4.22. The van der Waals surface area contributed by atoms with E-state index in [-0.39, 0.29) is 17.5 Å². The Hall–Kier alpha value is -2.21. The van der Waals surface area contributed by atoms with Gasteiger partial charge in [0.25, 0.3) is 0 Å². The van der Waals surface area contributed by atoms with Crippen molar-refractivity contribution >= 4 is 5.69 Å². The fraction of sp³-hybridized carbons (Fsp3) is 0.467. The highest BCUT2D eigenvalue weighted by molar-refractivity contribution is 5.56. The molecule has 0 radical (unpaired) electrons. The van der Waals surface area contributed by atoms with Crippen molar-refractivity contribution in [1.82, 2.24) is 0 Å². The summed E-state index contributed by atoms with van der Waals surface area (Å²) >= 11 is 0. The van der Waals surface area contributed by atoms with Gasteiger partial charge in [-0.05, 0) is 31.0 Å². The number of halogens is 3. The van der Waals surface area contributed by atoms with E-state index in [1.807, 2.05) is 12.1 Å². The highest BCUT2D eigenvalue weighted by Gasteiger charge is 2.45. The van der Waals surface area contributed by atoms with Gasteiger partial charge in [0, 0.05) is 11.7 Å². The van der Waals surface area contributed by atoms with Crippen LogP contribution >= 0.6 is 0 Å². The summed E-state index contributed by atoms with van der Waals surface area (Å²) in [5.41, 5.74) is 0.840. The van der Waals surface area contributed by atoms with Crippen LogP contribution in [0.25, 0.3) is 0 Å². The van der Waals surface area contributed by atoms with Crippen molar-refractivity contribution in [3.05, 3.63) is 29.3 Å². The van der Waals surface area contributed by atoms with E-state index in [0.29, 0.717) is 18.5 Å². The molecule has 1 aromatic rings. The average Bonchev–Trinajstić information content (AvgIpc) is 2.46. The van der Waals surface area contributed by atoms with Crippen LogP contribution in [0.1, 0.15) is 36.8 Å². The third kappa shape index (κ3) is 3.46. The van der Waals surface area contributed by atoms with Gasteiger partial charge in [-0.3, -0.25) is 0 Å². The summed E-state index contributed by atoms with van der Waals surface area (Å²) in [6, 6.07) is 7.50. The van der Waals surface area contributed by atoms with Crippen LogP contribution < -0.4 is 5.32 Å². The van der Waals surface area contributed by atoms with Crippen LogP contribution in [0.5, 0.6) is 0 Å². The quantitative estimate of drug-likeness (QED) is 0.897. The molecule has 1 aliphatic carbocycles. The Morgan fingerprint density at radius 3 is 2.33 bits per heavy atom. The van der Waals surface area contributed by atoms with Crippen LogP contribution in [0.2, 0.25) is 0 Å². The predicted octanol–water partition coefficient (Wildman–Crippen LogP) is 3.96. The van der Waals surface area contributed by atoms with Crippen LogP contribution in [-0.4, -0.2) is 12.2 Å². The van der Waals surface area contributed by atoms with Crippen LogP contribution in [0.3, 0.4) is 0 Å². The topological polar surface area (TPSA) is 59.6 Å². The molecule has 0 heterocycles. The van der Waals surface area contributed by atoms with E-state index in [1.54, 1.807) is 6.07 Å². The van der Waals surface area contributed by atoms with E-state index in [9.17, 15) is 13.2 Å². The molecule has 110 valence electrons. The zero-order valence-corrected chi connectivity index (χ0v) is 11.2. The summed E-state index contributed by atoms with van der Waals surface area (Å²) in [4.78, 5) is 0. The van der Waals surface area contributed by atoms with Gasteiger partial charge >= 0.3 is 6.18 Å². The van der Waals surface area contributed by atoms with Crippen molar-refractivity contribution in [1.29, 1.82) is 10.5 Å². The monoisotopic (exact) mass is 293 g/mol. The fourth-order valence-electron chi connectivity index (χ4n) is 2.73. The number of anilines is 1. The molecule has 1 fully saturated rings. The van der Waals surface area contributed by atoms with Crippen molar-refractivity contribution in [3.8, 4) is 12.1 Å². The number of nitriles is 2. The molecule has 1 aliphatic rings. The summed E-state index contributed by atoms with van der Waals surface area (Å²) in [6.07, 6.45) is -2.30. The SMILES string of the molecule is N#Cc1ccc(NC2CCCCC2C(F)(F)F)cc1C#N. The maximum absolute atomic E-state index is 13.0. The normalized spacial score (nSPS) is 22.1. The summed E-state index contributed by atoms with van der Waals surface area (Å²) < 4.78 is 39.1. The van der Waals surface area contributed by atoms with Gasteiger partial charge < -0.3 is 5.32 Å². The summed E-state index contributed by atoms with van der Waals surface area (Å²) in [6.45, 7) is 0. The van der Waals surface area contributed by atoms with Crippen molar-refractivity contribution in [2.45, 2.75) is 37.9 Å². The maximum atomic E-state index is 13.0. The van der Waals surface area contributed by atoms with E-state index >= 15 is 0 Å². The zero-order chi connectivity index (χ0) is 15.5. The molecule has 2 rings (SSSR count). The van der Waals surface area contributed by atoms with Crippen LogP contribution in [0.15, 0.2) is 18.2 Å². The first kappa shape index (κ1) is 15.2.